The SMILES string of the molecule is C=C1C[C@@H](CC(=O)NCC(C)C(=O)O)O[C@H](/C=C/I)[C@H]1O. The molecule has 0 aromatic rings. The highest BCUT2D eigenvalue weighted by Gasteiger charge is 2.32. The largest absolute Gasteiger partial charge is 0.481 e. The Labute approximate surface area is 137 Å². The van der Waals surface area contributed by atoms with Crippen molar-refractivity contribution in [3.63, 3.8) is 0 Å². The quantitative estimate of drug-likeness (QED) is 0.453. The molecule has 0 bridgehead atoms. The smallest absolute Gasteiger partial charge is 0.308 e. The van der Waals surface area contributed by atoms with Gasteiger partial charge in [-0.05, 0) is 22.2 Å². The average Bonchev–Trinajstić information content (AvgIpc) is 2.41. The zero-order valence-electron chi connectivity index (χ0n) is 11.8. The maximum absolute atomic E-state index is 11.8. The molecule has 1 fully saturated rings. The Kier molecular flexibility index (Phi) is 7.33. The van der Waals surface area contributed by atoms with Gasteiger partial charge in [-0.2, -0.15) is 0 Å². The third-order valence-electron chi connectivity index (χ3n) is 3.27. The molecule has 6 nitrogen and oxygen atoms in total. The molecule has 0 aromatic heterocycles. The number of halogens is 1. The van der Waals surface area contributed by atoms with Gasteiger partial charge in [-0.1, -0.05) is 36.1 Å². The van der Waals surface area contributed by atoms with Crippen LogP contribution in [0.4, 0.5) is 0 Å². The van der Waals surface area contributed by atoms with Crippen molar-refractivity contribution in [2.24, 2.45) is 5.92 Å². The van der Waals surface area contributed by atoms with Crippen molar-refractivity contribution in [1.82, 2.24) is 5.32 Å². The highest BCUT2D eigenvalue weighted by Crippen LogP contribution is 2.26. The Hall–Kier alpha value is -0.930. The molecule has 118 valence electrons. The first-order chi connectivity index (χ1) is 9.85. The lowest BCUT2D eigenvalue weighted by molar-refractivity contribution is -0.141. The van der Waals surface area contributed by atoms with Gasteiger partial charge in [-0.3, -0.25) is 9.59 Å². The van der Waals surface area contributed by atoms with Gasteiger partial charge in [0.2, 0.25) is 5.91 Å². The number of hydrogen-bond acceptors (Lipinski definition) is 4. The number of nitrogens with one attached hydrogen (secondary N) is 1. The van der Waals surface area contributed by atoms with E-state index in [2.05, 4.69) is 11.9 Å². The average molecular weight is 409 g/mol. The number of carbonyl (C=O) groups excluding carboxylic acids is 1. The predicted octanol–water partition coefficient (Wildman–Crippen LogP) is 1.24. The lowest BCUT2D eigenvalue weighted by Gasteiger charge is -2.33. The Morgan fingerprint density at radius 3 is 2.86 bits per heavy atom. The van der Waals surface area contributed by atoms with Crippen LogP contribution in [0.1, 0.15) is 19.8 Å². The molecule has 1 aliphatic heterocycles. The number of hydrogen-bond donors (Lipinski definition) is 3. The number of carbonyl (C=O) groups is 2. The van der Waals surface area contributed by atoms with Gasteiger partial charge in [0.1, 0.15) is 12.2 Å². The Bertz CT molecular complexity index is 437. The van der Waals surface area contributed by atoms with Gasteiger partial charge in [0, 0.05) is 6.54 Å². The maximum Gasteiger partial charge on any atom is 0.308 e. The van der Waals surface area contributed by atoms with E-state index >= 15 is 0 Å². The van der Waals surface area contributed by atoms with Crippen LogP contribution in [-0.2, 0) is 14.3 Å². The standard InChI is InChI=1S/C14H20INO5/c1-8-5-10(21-11(3-4-15)13(8)18)6-12(17)16-7-9(2)14(19)20/h3-4,9-11,13,18H,1,5-7H2,2H3,(H,16,17)(H,19,20)/b4-3+/t9?,10-,11+,13-/m0/s1. The molecule has 0 saturated carbocycles. The summed E-state index contributed by atoms with van der Waals surface area (Å²) < 4.78 is 7.40. The molecule has 0 spiro atoms. The van der Waals surface area contributed by atoms with Crippen molar-refractivity contribution in [3.05, 3.63) is 22.3 Å². The molecule has 4 atom stereocenters. The highest BCUT2D eigenvalue weighted by molar-refractivity contribution is 14.1. The number of aliphatic hydroxyl groups excluding tert-OH is 1. The van der Waals surface area contributed by atoms with Crippen LogP contribution < -0.4 is 5.32 Å². The van der Waals surface area contributed by atoms with Crippen LogP contribution in [0.5, 0.6) is 0 Å². The van der Waals surface area contributed by atoms with E-state index in [1.807, 2.05) is 22.6 Å². The van der Waals surface area contributed by atoms with Crippen LogP contribution >= 0.6 is 22.6 Å². The first-order valence-electron chi connectivity index (χ1n) is 6.62. The van der Waals surface area contributed by atoms with E-state index in [0.29, 0.717) is 12.0 Å². The van der Waals surface area contributed by atoms with E-state index < -0.39 is 24.1 Å². The summed E-state index contributed by atoms with van der Waals surface area (Å²) in [5.74, 6) is -1.85. The zero-order valence-corrected chi connectivity index (χ0v) is 13.9. The number of ether oxygens (including phenoxy) is 1. The number of rotatable bonds is 6. The summed E-state index contributed by atoms with van der Waals surface area (Å²) >= 11 is 2.03. The van der Waals surface area contributed by atoms with E-state index in [1.165, 1.54) is 6.92 Å². The summed E-state index contributed by atoms with van der Waals surface area (Å²) in [6.07, 6.45) is 0.616. The van der Waals surface area contributed by atoms with E-state index in [9.17, 15) is 14.7 Å². The van der Waals surface area contributed by atoms with Crippen molar-refractivity contribution < 1.29 is 24.5 Å². The molecule has 1 saturated heterocycles. The predicted molar refractivity (Wildman–Crippen MR) is 86.0 cm³/mol. The topological polar surface area (TPSA) is 95.9 Å². The first-order valence-corrected chi connectivity index (χ1v) is 7.87. The summed E-state index contributed by atoms with van der Waals surface area (Å²) in [5.41, 5.74) is 0.637. The first kappa shape index (κ1) is 18.1. The van der Waals surface area contributed by atoms with Gasteiger partial charge >= 0.3 is 5.97 Å². The minimum absolute atomic E-state index is 0.0849. The number of amides is 1. The maximum atomic E-state index is 11.8. The molecular formula is C14H20INO5. The van der Waals surface area contributed by atoms with Crippen LogP contribution in [0.2, 0.25) is 0 Å². The van der Waals surface area contributed by atoms with E-state index in [4.69, 9.17) is 9.84 Å². The van der Waals surface area contributed by atoms with Crippen LogP contribution in [-0.4, -0.2) is 46.9 Å². The number of carboxylic acids is 1. The number of carboxylic acid groups (broad SMARTS) is 1. The van der Waals surface area contributed by atoms with Gasteiger partial charge in [0.25, 0.3) is 0 Å². The van der Waals surface area contributed by atoms with Crippen molar-refractivity contribution in [2.75, 3.05) is 6.54 Å². The lowest BCUT2D eigenvalue weighted by Crippen LogP contribution is -2.42. The number of aliphatic hydroxyl groups is 1. The highest BCUT2D eigenvalue weighted by atomic mass is 127. The van der Waals surface area contributed by atoms with Gasteiger partial charge in [-0.25, -0.2) is 0 Å². The molecule has 0 aliphatic carbocycles. The van der Waals surface area contributed by atoms with Crippen molar-refractivity contribution in [3.8, 4) is 0 Å². The molecule has 7 heteroatoms. The molecule has 1 unspecified atom stereocenters. The number of aliphatic carboxylic acids is 1. The van der Waals surface area contributed by atoms with Gasteiger partial charge in [0.15, 0.2) is 0 Å². The summed E-state index contributed by atoms with van der Waals surface area (Å²) in [4.78, 5) is 22.5. The lowest BCUT2D eigenvalue weighted by atomic mass is 9.94. The van der Waals surface area contributed by atoms with Crippen LogP contribution in [0.25, 0.3) is 0 Å². The molecule has 1 heterocycles. The van der Waals surface area contributed by atoms with Crippen LogP contribution in [0.15, 0.2) is 22.3 Å². The molecule has 1 aliphatic rings. The van der Waals surface area contributed by atoms with Crippen molar-refractivity contribution in [2.45, 2.75) is 38.1 Å². The van der Waals surface area contributed by atoms with Crippen molar-refractivity contribution in [1.29, 1.82) is 0 Å². The molecule has 1 rings (SSSR count). The summed E-state index contributed by atoms with van der Waals surface area (Å²) in [5, 5.41) is 21.2. The molecule has 0 radical (unpaired) electrons. The van der Waals surface area contributed by atoms with Gasteiger partial charge in [0.05, 0.1) is 18.4 Å². The van der Waals surface area contributed by atoms with E-state index in [-0.39, 0.29) is 25.0 Å². The van der Waals surface area contributed by atoms with Crippen LogP contribution in [0.3, 0.4) is 0 Å². The normalized spacial score (nSPS) is 27.6. The van der Waals surface area contributed by atoms with Crippen LogP contribution in [0, 0.1) is 5.92 Å². The third-order valence-corrected chi connectivity index (χ3v) is 3.69. The minimum Gasteiger partial charge on any atom is -0.481 e. The summed E-state index contributed by atoms with van der Waals surface area (Å²) in [6.45, 7) is 5.42. The molecule has 0 aromatic carbocycles. The fourth-order valence-electron chi connectivity index (χ4n) is 1.97. The fraction of sp³-hybridized carbons (Fsp3) is 0.571. The van der Waals surface area contributed by atoms with E-state index in [1.54, 1.807) is 10.2 Å². The Morgan fingerprint density at radius 1 is 1.62 bits per heavy atom. The van der Waals surface area contributed by atoms with Crippen molar-refractivity contribution >= 4 is 34.5 Å². The Balaban J connectivity index is 2.48. The fourth-order valence-corrected chi connectivity index (χ4v) is 2.38. The monoisotopic (exact) mass is 409 g/mol. The molecule has 3 N–H and O–H groups in total. The van der Waals surface area contributed by atoms with E-state index in [0.717, 1.165) is 0 Å². The molecule has 1 amide bonds. The molecule has 21 heavy (non-hydrogen) atoms. The van der Waals surface area contributed by atoms with Gasteiger partial charge in [-0.15, -0.1) is 0 Å². The second-order valence-corrected chi connectivity index (χ2v) is 5.82. The zero-order chi connectivity index (χ0) is 16.0. The summed E-state index contributed by atoms with van der Waals surface area (Å²) in [6, 6.07) is 0. The second-order valence-electron chi connectivity index (χ2n) is 5.10. The Morgan fingerprint density at radius 2 is 2.29 bits per heavy atom. The second kappa shape index (κ2) is 8.50. The summed E-state index contributed by atoms with van der Waals surface area (Å²) in [7, 11) is 0. The molecular weight excluding hydrogens is 389 g/mol. The third kappa shape index (κ3) is 5.76. The minimum atomic E-state index is -0.951. The van der Waals surface area contributed by atoms with Gasteiger partial charge < -0.3 is 20.3 Å².